The SMILES string of the molecule is CC(C)N1CCCC(Nc2ncc3nc(Nc4c(Cl)cc(Cl)cc4Cl)n(C4CCC(C(N)=O)CC4)c3n2)C1. The molecule has 2 fully saturated rings. The van der Waals surface area contributed by atoms with Crippen LogP contribution in [0.1, 0.15) is 58.4 Å². The van der Waals surface area contributed by atoms with Crippen LogP contribution in [0, 0.1) is 5.92 Å². The Morgan fingerprint density at radius 3 is 2.45 bits per heavy atom. The molecule has 1 aliphatic heterocycles. The van der Waals surface area contributed by atoms with Gasteiger partial charge in [0, 0.05) is 35.6 Å². The molecule has 4 N–H and O–H groups in total. The van der Waals surface area contributed by atoms with E-state index in [0.29, 0.717) is 62.7 Å². The van der Waals surface area contributed by atoms with E-state index in [2.05, 4.69) is 38.9 Å². The maximum atomic E-state index is 11.8. The number of benzene rings is 1. The number of carbonyl (C=O) groups is 1. The number of nitrogens with one attached hydrogen (secondary N) is 2. The first-order chi connectivity index (χ1) is 18.2. The molecule has 2 aromatic heterocycles. The fourth-order valence-electron chi connectivity index (χ4n) is 5.56. The second-order valence-corrected chi connectivity index (χ2v) is 11.8. The maximum absolute atomic E-state index is 11.8. The lowest BCUT2D eigenvalue weighted by molar-refractivity contribution is -0.122. The molecule has 38 heavy (non-hydrogen) atoms. The zero-order chi connectivity index (χ0) is 27.0. The molecule has 1 atom stereocenters. The molecule has 1 saturated heterocycles. The highest BCUT2D eigenvalue weighted by Crippen LogP contribution is 2.40. The van der Waals surface area contributed by atoms with Gasteiger partial charge >= 0.3 is 0 Å². The number of rotatable bonds is 7. The number of nitrogens with zero attached hydrogens (tertiary/aromatic N) is 5. The molecule has 3 heterocycles. The first-order valence-corrected chi connectivity index (χ1v) is 14.3. The van der Waals surface area contributed by atoms with Gasteiger partial charge in [0.1, 0.15) is 5.52 Å². The van der Waals surface area contributed by atoms with Gasteiger partial charge < -0.3 is 16.4 Å². The number of piperidine rings is 1. The first kappa shape index (κ1) is 27.2. The van der Waals surface area contributed by atoms with Crippen LogP contribution in [0.3, 0.4) is 0 Å². The Bertz CT molecular complexity index is 1300. The number of likely N-dealkylation sites (tertiary alicyclic amines) is 1. The lowest BCUT2D eigenvalue weighted by Gasteiger charge is -2.35. The lowest BCUT2D eigenvalue weighted by atomic mass is 9.85. The van der Waals surface area contributed by atoms with E-state index in [4.69, 9.17) is 50.5 Å². The molecule has 1 aromatic carbocycles. The summed E-state index contributed by atoms with van der Waals surface area (Å²) in [5.74, 6) is 0.784. The third kappa shape index (κ3) is 5.81. The number of hydrogen-bond donors (Lipinski definition) is 3. The Morgan fingerprint density at radius 2 is 1.79 bits per heavy atom. The molecule has 204 valence electrons. The van der Waals surface area contributed by atoms with Crippen LogP contribution >= 0.6 is 34.8 Å². The van der Waals surface area contributed by atoms with Crippen molar-refractivity contribution < 1.29 is 4.79 Å². The topological polar surface area (TPSA) is 114 Å². The molecule has 9 nitrogen and oxygen atoms in total. The van der Waals surface area contributed by atoms with Crippen molar-refractivity contribution >= 4 is 69.5 Å². The van der Waals surface area contributed by atoms with E-state index in [0.717, 1.165) is 38.8 Å². The standard InChI is InChI=1S/C26H33Cl3N8O/c1-14(2)36-9-3-4-17(13-36)32-25-31-12-21-24(35-25)37(18-7-5-15(6-8-18)23(30)38)26(33-21)34-22-19(28)10-16(27)11-20(22)29/h10-12,14-15,17-18H,3-9,13H2,1-2H3,(H2,30,38)(H,33,34)(H,31,32,35). The van der Waals surface area contributed by atoms with Gasteiger partial charge in [0.25, 0.3) is 0 Å². The molecule has 2 aliphatic rings. The number of primary amides is 1. The van der Waals surface area contributed by atoms with Crippen molar-refractivity contribution in [3.63, 3.8) is 0 Å². The summed E-state index contributed by atoms with van der Waals surface area (Å²) >= 11 is 19.1. The van der Waals surface area contributed by atoms with E-state index in [1.54, 1.807) is 18.3 Å². The smallest absolute Gasteiger partial charge is 0.225 e. The van der Waals surface area contributed by atoms with E-state index in [9.17, 15) is 4.79 Å². The van der Waals surface area contributed by atoms with Crippen LogP contribution in [0.5, 0.6) is 0 Å². The summed E-state index contributed by atoms with van der Waals surface area (Å²) in [4.78, 5) is 28.6. The van der Waals surface area contributed by atoms with Crippen molar-refractivity contribution in [3.05, 3.63) is 33.4 Å². The maximum Gasteiger partial charge on any atom is 0.225 e. The molecular weight excluding hydrogens is 547 g/mol. The summed E-state index contributed by atoms with van der Waals surface area (Å²) < 4.78 is 2.09. The quantitative estimate of drug-likeness (QED) is 0.313. The lowest BCUT2D eigenvalue weighted by Crippen LogP contribution is -2.45. The van der Waals surface area contributed by atoms with Gasteiger partial charge in [0.05, 0.1) is 21.9 Å². The second kappa shape index (κ2) is 11.4. The largest absolute Gasteiger partial charge is 0.369 e. The van der Waals surface area contributed by atoms with E-state index < -0.39 is 0 Å². The normalized spacial score (nSPS) is 22.6. The average Bonchev–Trinajstić information content (AvgIpc) is 3.23. The first-order valence-electron chi connectivity index (χ1n) is 13.2. The van der Waals surface area contributed by atoms with Crippen molar-refractivity contribution in [2.45, 2.75) is 70.5 Å². The number of nitrogens with two attached hydrogens (primary N) is 1. The van der Waals surface area contributed by atoms with Crippen LogP contribution < -0.4 is 16.4 Å². The minimum Gasteiger partial charge on any atom is -0.369 e. The summed E-state index contributed by atoms with van der Waals surface area (Å²) in [6, 6.07) is 4.11. The zero-order valence-electron chi connectivity index (χ0n) is 21.6. The van der Waals surface area contributed by atoms with Gasteiger partial charge in [-0.3, -0.25) is 14.3 Å². The van der Waals surface area contributed by atoms with Gasteiger partial charge in [0.2, 0.25) is 17.8 Å². The monoisotopic (exact) mass is 578 g/mol. The fraction of sp³-hybridized carbons (Fsp3) is 0.538. The highest BCUT2D eigenvalue weighted by Gasteiger charge is 2.30. The third-order valence-electron chi connectivity index (χ3n) is 7.66. The summed E-state index contributed by atoms with van der Waals surface area (Å²) in [6.07, 6.45) is 6.92. The molecule has 0 bridgehead atoms. The van der Waals surface area contributed by atoms with Crippen molar-refractivity contribution in [3.8, 4) is 0 Å². The molecule has 12 heteroatoms. The molecule has 1 amide bonds. The Morgan fingerprint density at radius 1 is 1.08 bits per heavy atom. The van der Waals surface area contributed by atoms with Gasteiger partial charge in [-0.2, -0.15) is 4.98 Å². The minimum atomic E-state index is -0.242. The van der Waals surface area contributed by atoms with Crippen LogP contribution in [0.25, 0.3) is 11.2 Å². The predicted octanol–water partition coefficient (Wildman–Crippen LogP) is 6.03. The average molecular weight is 580 g/mol. The number of carbonyl (C=O) groups excluding carboxylic acids is 1. The van der Waals surface area contributed by atoms with Crippen molar-refractivity contribution in [1.29, 1.82) is 0 Å². The molecule has 0 spiro atoms. The summed E-state index contributed by atoms with van der Waals surface area (Å²) in [7, 11) is 0. The van der Waals surface area contributed by atoms with Crippen molar-refractivity contribution in [1.82, 2.24) is 24.4 Å². The van der Waals surface area contributed by atoms with Gasteiger partial charge in [-0.05, 0) is 71.0 Å². The second-order valence-electron chi connectivity index (χ2n) is 10.6. The highest BCUT2D eigenvalue weighted by molar-refractivity contribution is 6.41. The number of amides is 1. The Balaban J connectivity index is 1.49. The van der Waals surface area contributed by atoms with E-state index in [-0.39, 0.29) is 23.9 Å². The van der Waals surface area contributed by atoms with Gasteiger partial charge in [0.15, 0.2) is 5.65 Å². The highest BCUT2D eigenvalue weighted by atomic mass is 35.5. The van der Waals surface area contributed by atoms with Gasteiger partial charge in [-0.1, -0.05) is 34.8 Å². The molecule has 3 aromatic rings. The van der Waals surface area contributed by atoms with E-state index in [1.165, 1.54) is 0 Å². The van der Waals surface area contributed by atoms with Crippen molar-refractivity contribution in [2.75, 3.05) is 23.7 Å². The van der Waals surface area contributed by atoms with Crippen molar-refractivity contribution in [2.24, 2.45) is 11.7 Å². The third-order valence-corrected chi connectivity index (χ3v) is 8.47. The van der Waals surface area contributed by atoms with Crippen LogP contribution in [-0.4, -0.2) is 55.5 Å². The summed E-state index contributed by atoms with van der Waals surface area (Å²) in [6.45, 7) is 6.52. The van der Waals surface area contributed by atoms with E-state index >= 15 is 0 Å². The zero-order valence-corrected chi connectivity index (χ0v) is 23.8. The van der Waals surface area contributed by atoms with E-state index in [1.807, 2.05) is 0 Å². The van der Waals surface area contributed by atoms with Crippen LogP contribution in [0.15, 0.2) is 18.3 Å². The van der Waals surface area contributed by atoms with Crippen LogP contribution in [0.2, 0.25) is 15.1 Å². The molecule has 1 aliphatic carbocycles. The Hall–Kier alpha value is -2.33. The summed E-state index contributed by atoms with van der Waals surface area (Å²) in [5.41, 5.74) is 7.48. The van der Waals surface area contributed by atoms with Crippen LogP contribution in [-0.2, 0) is 4.79 Å². The minimum absolute atomic E-state index is 0.0665. The molecule has 0 radical (unpaired) electrons. The molecule has 1 saturated carbocycles. The number of anilines is 3. The molecular formula is C26H33Cl3N8O. The number of halogens is 3. The number of imidazole rings is 1. The number of hydrogen-bond acceptors (Lipinski definition) is 7. The Labute approximate surface area is 237 Å². The van der Waals surface area contributed by atoms with Crippen LogP contribution in [0.4, 0.5) is 17.6 Å². The fourth-order valence-corrected chi connectivity index (χ4v) is 6.47. The Kier molecular flexibility index (Phi) is 8.19. The molecule has 5 rings (SSSR count). The number of aromatic nitrogens is 4. The van der Waals surface area contributed by atoms with Gasteiger partial charge in [-0.15, -0.1) is 0 Å². The molecule has 1 unspecified atom stereocenters. The van der Waals surface area contributed by atoms with Gasteiger partial charge in [-0.25, -0.2) is 9.97 Å². The number of fused-ring (bicyclic) bond motifs is 1. The summed E-state index contributed by atoms with van der Waals surface area (Å²) in [5, 5.41) is 8.09. The predicted molar refractivity (Wildman–Crippen MR) is 154 cm³/mol.